The maximum atomic E-state index is 10.6. The van der Waals surface area contributed by atoms with Crippen molar-refractivity contribution < 1.29 is 14.6 Å². The lowest BCUT2D eigenvalue weighted by Gasteiger charge is -2.07. The maximum Gasteiger partial charge on any atom is 0.330 e. The molecule has 92 valence electrons. The van der Waals surface area contributed by atoms with E-state index in [2.05, 4.69) is 0 Å². The third-order valence-electron chi connectivity index (χ3n) is 2.15. The second-order valence-corrected chi connectivity index (χ2v) is 4.48. The number of methoxy groups -OCH3 is 1. The molecule has 0 fully saturated rings. The van der Waals surface area contributed by atoms with Gasteiger partial charge in [0.1, 0.15) is 5.75 Å². The highest BCUT2D eigenvalue weighted by atomic mass is 32.2. The molecule has 0 atom stereocenters. The highest BCUT2D eigenvalue weighted by Crippen LogP contribution is 2.31. The smallest absolute Gasteiger partial charge is 0.330 e. The summed E-state index contributed by atoms with van der Waals surface area (Å²) in [4.78, 5) is 11.5. The van der Waals surface area contributed by atoms with Crippen molar-refractivity contribution in [2.45, 2.75) is 11.8 Å². The quantitative estimate of drug-likeness (QED) is 0.479. The molecule has 0 aliphatic carbocycles. The Hall–Kier alpha value is -1.62. The summed E-state index contributed by atoms with van der Waals surface area (Å²) < 4.78 is 5.19. The number of anilines is 1. The van der Waals surface area contributed by atoms with Crippen molar-refractivity contribution >= 4 is 23.4 Å². The minimum Gasteiger partial charge on any atom is -0.496 e. The minimum absolute atomic E-state index is 0.340. The second-order valence-electron chi connectivity index (χ2n) is 3.41. The summed E-state index contributed by atoms with van der Waals surface area (Å²) in [5.74, 6) is 0.393. The Morgan fingerprint density at radius 2 is 2.29 bits per heavy atom. The molecule has 0 bridgehead atoms. The van der Waals surface area contributed by atoms with Crippen LogP contribution in [0.5, 0.6) is 5.75 Å². The molecular formula is C12H15NO3S. The molecule has 5 heteroatoms. The fourth-order valence-corrected chi connectivity index (χ4v) is 2.11. The van der Waals surface area contributed by atoms with Gasteiger partial charge >= 0.3 is 5.97 Å². The van der Waals surface area contributed by atoms with Crippen LogP contribution in [0.4, 0.5) is 5.69 Å². The predicted molar refractivity (Wildman–Crippen MR) is 69.5 cm³/mol. The normalized spacial score (nSPS) is 11.3. The third kappa shape index (κ3) is 4.03. The number of carbonyl (C=O) groups is 1. The van der Waals surface area contributed by atoms with Crippen LogP contribution in [0.3, 0.4) is 0 Å². The molecule has 1 aromatic rings. The summed E-state index contributed by atoms with van der Waals surface area (Å²) in [6.07, 6.45) is 1.67. The van der Waals surface area contributed by atoms with Crippen LogP contribution in [0.25, 0.3) is 0 Å². The number of carboxylic acids is 1. The van der Waals surface area contributed by atoms with Crippen LogP contribution in [-0.2, 0) is 4.79 Å². The Morgan fingerprint density at radius 3 is 2.88 bits per heavy atom. The van der Waals surface area contributed by atoms with E-state index in [1.165, 1.54) is 11.8 Å². The number of hydrogen-bond acceptors (Lipinski definition) is 4. The molecule has 0 radical (unpaired) electrons. The number of benzene rings is 1. The zero-order valence-electron chi connectivity index (χ0n) is 9.77. The first-order valence-corrected chi connectivity index (χ1v) is 5.99. The molecule has 0 saturated heterocycles. The lowest BCUT2D eigenvalue weighted by atomic mass is 10.3. The summed E-state index contributed by atoms with van der Waals surface area (Å²) >= 11 is 1.51. The molecule has 1 aromatic carbocycles. The SMILES string of the molecule is COc1cc(N)ccc1SCC=C(C)C(=O)O. The van der Waals surface area contributed by atoms with Gasteiger partial charge in [0.15, 0.2) is 0 Å². The summed E-state index contributed by atoms with van der Waals surface area (Å²) in [5, 5.41) is 8.70. The summed E-state index contributed by atoms with van der Waals surface area (Å²) in [6, 6.07) is 5.40. The van der Waals surface area contributed by atoms with Crippen LogP contribution in [0, 0.1) is 0 Å². The molecule has 0 spiro atoms. The van der Waals surface area contributed by atoms with Gasteiger partial charge in [-0.25, -0.2) is 4.79 Å². The monoisotopic (exact) mass is 253 g/mol. The van der Waals surface area contributed by atoms with Crippen LogP contribution >= 0.6 is 11.8 Å². The second kappa shape index (κ2) is 6.20. The first kappa shape index (κ1) is 13.4. The molecule has 0 aromatic heterocycles. The van der Waals surface area contributed by atoms with Gasteiger partial charge in [-0.15, -0.1) is 11.8 Å². The van der Waals surface area contributed by atoms with E-state index in [9.17, 15) is 4.79 Å². The van der Waals surface area contributed by atoms with E-state index in [4.69, 9.17) is 15.6 Å². The van der Waals surface area contributed by atoms with Gasteiger partial charge < -0.3 is 15.6 Å². The molecule has 0 amide bonds. The number of rotatable bonds is 5. The maximum absolute atomic E-state index is 10.6. The van der Waals surface area contributed by atoms with E-state index < -0.39 is 5.97 Å². The first-order chi connectivity index (χ1) is 8.04. The van der Waals surface area contributed by atoms with Gasteiger partial charge in [0.2, 0.25) is 0 Å². The van der Waals surface area contributed by atoms with E-state index in [1.807, 2.05) is 6.07 Å². The molecule has 0 heterocycles. The molecular weight excluding hydrogens is 238 g/mol. The Labute approximate surface area is 104 Å². The molecule has 4 nitrogen and oxygen atoms in total. The van der Waals surface area contributed by atoms with Crippen LogP contribution in [0.15, 0.2) is 34.7 Å². The zero-order valence-corrected chi connectivity index (χ0v) is 10.6. The van der Waals surface area contributed by atoms with Gasteiger partial charge in [-0.3, -0.25) is 0 Å². The number of nitrogen functional groups attached to an aromatic ring is 1. The minimum atomic E-state index is -0.894. The van der Waals surface area contributed by atoms with E-state index in [-0.39, 0.29) is 0 Å². The van der Waals surface area contributed by atoms with E-state index in [0.717, 1.165) is 4.90 Å². The van der Waals surface area contributed by atoms with E-state index in [0.29, 0.717) is 22.8 Å². The molecule has 3 N–H and O–H groups in total. The first-order valence-electron chi connectivity index (χ1n) is 5.01. The highest BCUT2D eigenvalue weighted by Gasteiger charge is 2.04. The lowest BCUT2D eigenvalue weighted by Crippen LogP contribution is -1.96. The Kier molecular flexibility index (Phi) is 4.90. The van der Waals surface area contributed by atoms with Gasteiger partial charge in [-0.05, 0) is 19.1 Å². The van der Waals surface area contributed by atoms with Gasteiger partial charge in [-0.2, -0.15) is 0 Å². The molecule has 17 heavy (non-hydrogen) atoms. The van der Waals surface area contributed by atoms with Crippen molar-refractivity contribution in [3.63, 3.8) is 0 Å². The summed E-state index contributed by atoms with van der Waals surface area (Å²) in [7, 11) is 1.58. The van der Waals surface area contributed by atoms with E-state index in [1.54, 1.807) is 32.2 Å². The lowest BCUT2D eigenvalue weighted by molar-refractivity contribution is -0.132. The topological polar surface area (TPSA) is 72.5 Å². The number of hydrogen-bond donors (Lipinski definition) is 2. The Morgan fingerprint density at radius 1 is 1.59 bits per heavy atom. The number of ether oxygens (including phenoxy) is 1. The van der Waals surface area contributed by atoms with Crippen LogP contribution in [0.1, 0.15) is 6.92 Å². The largest absolute Gasteiger partial charge is 0.496 e. The number of nitrogens with two attached hydrogens (primary N) is 1. The Balaban J connectivity index is 2.69. The summed E-state index contributed by atoms with van der Waals surface area (Å²) in [5.41, 5.74) is 6.62. The molecule has 0 unspecified atom stereocenters. The van der Waals surface area contributed by atoms with Crippen molar-refractivity contribution in [3.05, 3.63) is 29.8 Å². The predicted octanol–water partition coefficient (Wildman–Crippen LogP) is 2.40. The number of carboxylic acid groups (broad SMARTS) is 1. The van der Waals surface area contributed by atoms with Crippen LogP contribution in [-0.4, -0.2) is 23.9 Å². The molecule has 0 aliphatic heterocycles. The molecule has 0 aliphatic rings. The standard InChI is InChI=1S/C12H15NO3S/c1-8(12(14)15)5-6-17-11-4-3-9(13)7-10(11)16-2/h3-5,7H,6,13H2,1-2H3,(H,14,15). The van der Waals surface area contributed by atoms with Crippen molar-refractivity contribution in [2.24, 2.45) is 0 Å². The Bertz CT molecular complexity index is 443. The third-order valence-corrected chi connectivity index (χ3v) is 3.13. The fourth-order valence-electron chi connectivity index (χ4n) is 1.15. The average molecular weight is 253 g/mol. The van der Waals surface area contributed by atoms with Crippen molar-refractivity contribution in [2.75, 3.05) is 18.6 Å². The number of aliphatic carboxylic acids is 1. The van der Waals surface area contributed by atoms with E-state index >= 15 is 0 Å². The van der Waals surface area contributed by atoms with Crippen molar-refractivity contribution in [1.82, 2.24) is 0 Å². The van der Waals surface area contributed by atoms with Gasteiger partial charge in [-0.1, -0.05) is 6.08 Å². The molecule has 0 saturated carbocycles. The highest BCUT2D eigenvalue weighted by molar-refractivity contribution is 7.99. The van der Waals surface area contributed by atoms with Gasteiger partial charge in [0.25, 0.3) is 0 Å². The molecule has 1 rings (SSSR count). The zero-order chi connectivity index (χ0) is 12.8. The summed E-state index contributed by atoms with van der Waals surface area (Å²) in [6.45, 7) is 1.57. The van der Waals surface area contributed by atoms with Crippen LogP contribution < -0.4 is 10.5 Å². The number of thioether (sulfide) groups is 1. The van der Waals surface area contributed by atoms with Gasteiger partial charge in [0.05, 0.1) is 7.11 Å². The van der Waals surface area contributed by atoms with Crippen LogP contribution in [0.2, 0.25) is 0 Å². The van der Waals surface area contributed by atoms with Crippen molar-refractivity contribution in [1.29, 1.82) is 0 Å². The van der Waals surface area contributed by atoms with Gasteiger partial charge in [0, 0.05) is 28.0 Å². The fraction of sp³-hybridized carbons (Fsp3) is 0.250. The average Bonchev–Trinajstić information content (AvgIpc) is 2.30. The van der Waals surface area contributed by atoms with Crippen molar-refractivity contribution in [3.8, 4) is 5.75 Å².